The second-order valence-electron chi connectivity index (χ2n) is 9.01. The maximum atomic E-state index is 6.67. The Morgan fingerprint density at radius 2 is 1.61 bits per heavy atom. The van der Waals surface area contributed by atoms with Crippen LogP contribution in [0.2, 0.25) is 5.02 Å². The van der Waals surface area contributed by atoms with Crippen LogP contribution in [0.25, 0.3) is 5.69 Å². The number of ether oxygens (including phenoxy) is 1. The predicted molar refractivity (Wildman–Crippen MR) is 126 cm³/mol. The summed E-state index contributed by atoms with van der Waals surface area (Å²) in [5.41, 5.74) is 5.68. The van der Waals surface area contributed by atoms with Crippen molar-refractivity contribution in [1.29, 1.82) is 0 Å². The molecule has 3 nitrogen and oxygen atoms in total. The van der Waals surface area contributed by atoms with Gasteiger partial charge in [-0.05, 0) is 74.3 Å². The van der Waals surface area contributed by atoms with Crippen molar-refractivity contribution in [3.63, 3.8) is 0 Å². The topological polar surface area (TPSA) is 27.1 Å². The molecular formula is C27H31ClN2O. The lowest BCUT2D eigenvalue weighted by Gasteiger charge is -2.43. The first-order valence-corrected chi connectivity index (χ1v) is 12.1. The van der Waals surface area contributed by atoms with Crippen LogP contribution >= 0.6 is 11.6 Å². The van der Waals surface area contributed by atoms with E-state index < -0.39 is 5.60 Å². The molecule has 0 bridgehead atoms. The molecule has 0 radical (unpaired) electrons. The van der Waals surface area contributed by atoms with Crippen molar-refractivity contribution >= 4 is 11.6 Å². The van der Waals surface area contributed by atoms with Crippen molar-refractivity contribution in [3.05, 3.63) is 82.1 Å². The molecule has 1 heterocycles. The first kappa shape index (κ1) is 20.8. The number of benzene rings is 2. The van der Waals surface area contributed by atoms with Crippen LogP contribution in [0.3, 0.4) is 0 Å². The second-order valence-corrected chi connectivity index (χ2v) is 9.45. The van der Waals surface area contributed by atoms with Gasteiger partial charge in [0.25, 0.3) is 0 Å². The molecule has 31 heavy (non-hydrogen) atoms. The molecule has 5 rings (SSSR count). The molecular weight excluding hydrogens is 404 g/mol. The molecule has 4 heteroatoms. The zero-order valence-corrected chi connectivity index (χ0v) is 19.1. The first-order chi connectivity index (χ1) is 15.2. The number of fused-ring (bicyclic) bond motifs is 1. The average Bonchev–Trinajstić information content (AvgIpc) is 3.22. The lowest BCUT2D eigenvalue weighted by atomic mass is 9.69. The van der Waals surface area contributed by atoms with Crippen molar-refractivity contribution < 1.29 is 4.74 Å². The molecule has 0 saturated heterocycles. The summed E-state index contributed by atoms with van der Waals surface area (Å²) in [6, 6.07) is 18.9. The van der Waals surface area contributed by atoms with Crippen LogP contribution in [-0.2, 0) is 23.2 Å². The van der Waals surface area contributed by atoms with E-state index in [1.807, 2.05) is 19.2 Å². The lowest BCUT2D eigenvalue weighted by molar-refractivity contribution is -0.0475. The Hall–Kier alpha value is -2.10. The molecule has 1 saturated carbocycles. The number of aromatic nitrogens is 2. The molecule has 0 aliphatic heterocycles. The monoisotopic (exact) mass is 434 g/mol. The number of hydrogen-bond donors (Lipinski definition) is 0. The maximum absolute atomic E-state index is 6.67. The molecule has 0 N–H and O–H groups in total. The highest BCUT2D eigenvalue weighted by atomic mass is 35.5. The van der Waals surface area contributed by atoms with Crippen LogP contribution in [0.4, 0.5) is 0 Å². The van der Waals surface area contributed by atoms with E-state index in [0.29, 0.717) is 5.92 Å². The van der Waals surface area contributed by atoms with E-state index >= 15 is 0 Å². The van der Waals surface area contributed by atoms with Gasteiger partial charge in [0.1, 0.15) is 5.60 Å². The summed E-state index contributed by atoms with van der Waals surface area (Å²) in [6.07, 6.45) is 10.8. The lowest BCUT2D eigenvalue weighted by Crippen LogP contribution is -2.42. The Morgan fingerprint density at radius 1 is 0.903 bits per heavy atom. The molecule has 0 amide bonds. The van der Waals surface area contributed by atoms with Crippen LogP contribution in [0.15, 0.2) is 54.6 Å². The highest BCUT2D eigenvalue weighted by molar-refractivity contribution is 6.30. The molecule has 1 aromatic heterocycles. The summed E-state index contributed by atoms with van der Waals surface area (Å²) in [5, 5.41) is 5.92. The molecule has 0 spiro atoms. The standard InChI is InChI=1S/C27H31ClN2O/c1-31-27(20-10-4-2-5-11-20,21-12-6-3-7-13-21)26-24-14-8-9-15-25(24)29-30(26)23-18-16-22(28)17-19-23/h2,4-5,10-11,16-19,21H,3,6-9,12-15H2,1H3. The highest BCUT2D eigenvalue weighted by Gasteiger charge is 2.47. The van der Waals surface area contributed by atoms with Crippen LogP contribution < -0.4 is 0 Å². The summed E-state index contributed by atoms with van der Waals surface area (Å²) in [7, 11) is 1.90. The van der Waals surface area contributed by atoms with Crippen LogP contribution in [0.5, 0.6) is 0 Å². The van der Waals surface area contributed by atoms with Crippen molar-refractivity contribution in [2.75, 3.05) is 7.11 Å². The zero-order chi connectivity index (χ0) is 21.3. The predicted octanol–water partition coefficient (Wildman–Crippen LogP) is 6.87. The van der Waals surface area contributed by atoms with E-state index in [-0.39, 0.29) is 0 Å². The minimum absolute atomic E-state index is 0.433. The normalized spacial score (nSPS) is 19.0. The van der Waals surface area contributed by atoms with Gasteiger partial charge in [0.15, 0.2) is 0 Å². The molecule has 2 aliphatic rings. The van der Waals surface area contributed by atoms with E-state index in [1.54, 1.807) is 0 Å². The molecule has 162 valence electrons. The number of hydrogen-bond acceptors (Lipinski definition) is 2. The number of halogens is 1. The van der Waals surface area contributed by atoms with Gasteiger partial charge in [-0.25, -0.2) is 4.68 Å². The quantitative estimate of drug-likeness (QED) is 0.437. The van der Waals surface area contributed by atoms with Crippen LogP contribution in [0.1, 0.15) is 67.5 Å². The fourth-order valence-corrected chi connectivity index (χ4v) is 5.97. The van der Waals surface area contributed by atoms with Gasteiger partial charge in [0, 0.05) is 17.7 Å². The molecule has 1 fully saturated rings. The second kappa shape index (κ2) is 8.80. The Kier molecular flexibility index (Phi) is 5.90. The molecule has 1 unspecified atom stereocenters. The first-order valence-electron chi connectivity index (χ1n) is 11.7. The minimum atomic E-state index is -0.501. The van der Waals surface area contributed by atoms with Gasteiger partial charge in [-0.3, -0.25) is 0 Å². The fraction of sp³-hybridized carbons (Fsp3) is 0.444. The maximum Gasteiger partial charge on any atom is 0.138 e. The number of methoxy groups -OCH3 is 1. The summed E-state index contributed by atoms with van der Waals surface area (Å²) >= 11 is 6.22. The molecule has 2 aromatic carbocycles. The SMILES string of the molecule is COC(c1ccccc1)(c1c2c(nn1-c1ccc(Cl)cc1)CCCC2)C1CCCCC1. The van der Waals surface area contributed by atoms with E-state index in [1.165, 1.54) is 67.5 Å². The van der Waals surface area contributed by atoms with E-state index in [9.17, 15) is 0 Å². The van der Waals surface area contributed by atoms with Gasteiger partial charge in [-0.15, -0.1) is 0 Å². The number of aryl methyl sites for hydroxylation is 1. The Labute approximate surface area is 190 Å². The number of rotatable bonds is 5. The summed E-state index contributed by atoms with van der Waals surface area (Å²) in [6.45, 7) is 0. The smallest absolute Gasteiger partial charge is 0.138 e. The Balaban J connectivity index is 1.79. The molecule has 1 atom stereocenters. The largest absolute Gasteiger partial charge is 0.367 e. The van der Waals surface area contributed by atoms with Crippen molar-refractivity contribution in [3.8, 4) is 5.69 Å². The van der Waals surface area contributed by atoms with Gasteiger partial charge >= 0.3 is 0 Å². The van der Waals surface area contributed by atoms with Gasteiger partial charge in [-0.2, -0.15) is 5.10 Å². The third-order valence-electron chi connectivity index (χ3n) is 7.28. The van der Waals surface area contributed by atoms with E-state index in [4.69, 9.17) is 21.4 Å². The van der Waals surface area contributed by atoms with Crippen LogP contribution in [0, 0.1) is 5.92 Å². The van der Waals surface area contributed by atoms with Gasteiger partial charge in [0.2, 0.25) is 0 Å². The minimum Gasteiger partial charge on any atom is -0.367 e. The van der Waals surface area contributed by atoms with Crippen molar-refractivity contribution in [2.45, 2.75) is 63.4 Å². The average molecular weight is 435 g/mol. The Morgan fingerprint density at radius 3 is 2.32 bits per heavy atom. The number of nitrogens with zero attached hydrogens (tertiary/aromatic N) is 2. The fourth-order valence-electron chi connectivity index (χ4n) is 5.85. The van der Waals surface area contributed by atoms with E-state index in [2.05, 4.69) is 47.1 Å². The molecule has 3 aromatic rings. The van der Waals surface area contributed by atoms with Crippen molar-refractivity contribution in [1.82, 2.24) is 9.78 Å². The highest BCUT2D eigenvalue weighted by Crippen LogP contribution is 2.49. The third kappa shape index (κ3) is 3.62. The van der Waals surface area contributed by atoms with E-state index in [0.717, 1.165) is 23.6 Å². The van der Waals surface area contributed by atoms with Gasteiger partial charge in [-0.1, -0.05) is 61.2 Å². The van der Waals surface area contributed by atoms with Gasteiger partial charge in [0.05, 0.1) is 17.1 Å². The third-order valence-corrected chi connectivity index (χ3v) is 7.54. The summed E-state index contributed by atoms with van der Waals surface area (Å²) in [5.74, 6) is 0.433. The van der Waals surface area contributed by atoms with Crippen LogP contribution in [-0.4, -0.2) is 16.9 Å². The Bertz CT molecular complexity index is 1020. The zero-order valence-electron chi connectivity index (χ0n) is 18.3. The summed E-state index contributed by atoms with van der Waals surface area (Å²) < 4.78 is 8.85. The summed E-state index contributed by atoms with van der Waals surface area (Å²) in [4.78, 5) is 0. The molecule has 2 aliphatic carbocycles. The van der Waals surface area contributed by atoms with Crippen molar-refractivity contribution in [2.24, 2.45) is 5.92 Å². The van der Waals surface area contributed by atoms with Gasteiger partial charge < -0.3 is 4.74 Å².